The highest BCUT2D eigenvalue weighted by atomic mass is 19.4. The van der Waals surface area contributed by atoms with E-state index in [1.54, 1.807) is 6.92 Å². The van der Waals surface area contributed by atoms with Gasteiger partial charge in [0.15, 0.2) is 5.69 Å². The predicted molar refractivity (Wildman–Crippen MR) is 45.6 cm³/mol. The van der Waals surface area contributed by atoms with Crippen molar-refractivity contribution >= 4 is 0 Å². The van der Waals surface area contributed by atoms with Gasteiger partial charge in [0.05, 0.1) is 0 Å². The molecule has 80 valence electrons. The third kappa shape index (κ3) is 2.47. The van der Waals surface area contributed by atoms with Crippen molar-refractivity contribution in [3.05, 3.63) is 17.5 Å². The molecule has 0 aromatic carbocycles. The fourth-order valence-corrected chi connectivity index (χ4v) is 1.12. The van der Waals surface area contributed by atoms with E-state index in [9.17, 15) is 13.2 Å². The molecule has 0 amide bonds. The van der Waals surface area contributed by atoms with Gasteiger partial charge in [-0.25, -0.2) is 0 Å². The summed E-state index contributed by atoms with van der Waals surface area (Å²) in [5.74, 6) is 0. The normalized spacial score (nSPS) is 12.1. The van der Waals surface area contributed by atoms with E-state index < -0.39 is 11.9 Å². The van der Waals surface area contributed by atoms with Crippen LogP contribution >= 0.6 is 0 Å². The Morgan fingerprint density at radius 3 is 2.57 bits per heavy atom. The Labute approximate surface area is 79.7 Å². The van der Waals surface area contributed by atoms with Crippen LogP contribution in [0.1, 0.15) is 17.8 Å². The molecule has 1 rings (SSSR count). The number of hydrogen-bond acceptors (Lipinski definition) is 2. The molecule has 1 aromatic heterocycles. The average Bonchev–Trinajstić information content (AvgIpc) is 2.43. The molecular weight excluding hydrogens is 195 g/mol. The van der Waals surface area contributed by atoms with Crippen molar-refractivity contribution in [2.24, 2.45) is 5.73 Å². The average molecular weight is 207 g/mol. The van der Waals surface area contributed by atoms with Crippen molar-refractivity contribution in [3.63, 3.8) is 0 Å². The summed E-state index contributed by atoms with van der Waals surface area (Å²) in [4.78, 5) is 0. The van der Waals surface area contributed by atoms with Gasteiger partial charge in [0.25, 0.3) is 0 Å². The summed E-state index contributed by atoms with van der Waals surface area (Å²) >= 11 is 0. The van der Waals surface area contributed by atoms with Crippen LogP contribution in [0.15, 0.2) is 6.07 Å². The lowest BCUT2D eigenvalue weighted by molar-refractivity contribution is -0.141. The summed E-state index contributed by atoms with van der Waals surface area (Å²) in [5, 5.41) is 3.45. The highest BCUT2D eigenvalue weighted by Gasteiger charge is 2.34. The van der Waals surface area contributed by atoms with Crippen molar-refractivity contribution in [1.29, 1.82) is 0 Å². The molecule has 0 aliphatic rings. The lowest BCUT2D eigenvalue weighted by Crippen LogP contribution is -2.10. The minimum Gasteiger partial charge on any atom is -0.330 e. The second kappa shape index (κ2) is 4.00. The number of nitrogens with two attached hydrogens (primary N) is 1. The summed E-state index contributed by atoms with van der Waals surface area (Å²) < 4.78 is 37.9. The van der Waals surface area contributed by atoms with E-state index in [4.69, 9.17) is 5.73 Å². The minimum atomic E-state index is -4.36. The van der Waals surface area contributed by atoms with Crippen molar-refractivity contribution in [3.8, 4) is 0 Å². The van der Waals surface area contributed by atoms with Crippen LogP contribution in [0, 0.1) is 6.92 Å². The van der Waals surface area contributed by atoms with Crippen LogP contribution < -0.4 is 5.73 Å². The van der Waals surface area contributed by atoms with Gasteiger partial charge in [-0.2, -0.15) is 18.3 Å². The second-order valence-corrected chi connectivity index (χ2v) is 3.03. The molecule has 14 heavy (non-hydrogen) atoms. The SMILES string of the molecule is Cc1cc(C(F)(F)F)nn1CCCN. The van der Waals surface area contributed by atoms with E-state index in [-0.39, 0.29) is 0 Å². The Balaban J connectivity index is 2.82. The zero-order valence-corrected chi connectivity index (χ0v) is 7.80. The van der Waals surface area contributed by atoms with Gasteiger partial charge in [-0.1, -0.05) is 0 Å². The Hall–Kier alpha value is -1.04. The number of nitrogens with zero attached hydrogens (tertiary/aromatic N) is 2. The molecule has 0 aliphatic carbocycles. The molecule has 6 heteroatoms. The number of rotatable bonds is 3. The highest BCUT2D eigenvalue weighted by molar-refractivity contribution is 5.11. The van der Waals surface area contributed by atoms with Crippen LogP contribution in [-0.4, -0.2) is 16.3 Å². The smallest absolute Gasteiger partial charge is 0.330 e. The summed E-state index contributed by atoms with van der Waals surface area (Å²) in [5.41, 5.74) is 4.92. The van der Waals surface area contributed by atoms with Gasteiger partial charge in [0, 0.05) is 12.2 Å². The Morgan fingerprint density at radius 2 is 2.14 bits per heavy atom. The molecule has 0 aliphatic heterocycles. The van der Waals surface area contributed by atoms with Gasteiger partial charge in [0.2, 0.25) is 0 Å². The van der Waals surface area contributed by atoms with Crippen LogP contribution in [0.3, 0.4) is 0 Å². The molecule has 0 radical (unpaired) electrons. The summed E-state index contributed by atoms with van der Waals surface area (Å²) in [7, 11) is 0. The lowest BCUT2D eigenvalue weighted by Gasteiger charge is -2.02. The first kappa shape index (κ1) is 11.0. The van der Waals surface area contributed by atoms with Crippen LogP contribution in [0.25, 0.3) is 0 Å². The molecule has 0 saturated heterocycles. The largest absolute Gasteiger partial charge is 0.435 e. The predicted octanol–water partition coefficient (Wildman–Crippen LogP) is 1.56. The van der Waals surface area contributed by atoms with E-state index >= 15 is 0 Å². The number of halogens is 3. The first-order valence-corrected chi connectivity index (χ1v) is 4.27. The molecular formula is C8H12F3N3. The topological polar surface area (TPSA) is 43.8 Å². The van der Waals surface area contributed by atoms with E-state index in [1.807, 2.05) is 0 Å². The highest BCUT2D eigenvalue weighted by Crippen LogP contribution is 2.28. The molecule has 0 saturated carbocycles. The number of hydrogen-bond donors (Lipinski definition) is 1. The summed E-state index contributed by atoms with van der Waals surface area (Å²) in [6.45, 7) is 2.47. The minimum absolute atomic E-state index is 0.429. The van der Waals surface area contributed by atoms with Crippen molar-refractivity contribution in [1.82, 2.24) is 9.78 Å². The van der Waals surface area contributed by atoms with Gasteiger partial charge < -0.3 is 5.73 Å². The van der Waals surface area contributed by atoms with E-state index in [1.165, 1.54) is 4.68 Å². The zero-order valence-electron chi connectivity index (χ0n) is 7.80. The fraction of sp³-hybridized carbons (Fsp3) is 0.625. The fourth-order valence-electron chi connectivity index (χ4n) is 1.12. The van der Waals surface area contributed by atoms with Gasteiger partial charge >= 0.3 is 6.18 Å². The van der Waals surface area contributed by atoms with Crippen LogP contribution in [0.2, 0.25) is 0 Å². The molecule has 0 spiro atoms. The number of aromatic nitrogens is 2. The standard InChI is InChI=1S/C8H12F3N3/c1-6-5-7(8(9,10)11)13-14(6)4-2-3-12/h5H,2-4,12H2,1H3. The zero-order chi connectivity index (χ0) is 10.8. The number of alkyl halides is 3. The maximum Gasteiger partial charge on any atom is 0.435 e. The molecule has 2 N–H and O–H groups in total. The van der Waals surface area contributed by atoms with E-state index in [0.29, 0.717) is 25.2 Å². The molecule has 0 atom stereocenters. The van der Waals surface area contributed by atoms with Crippen molar-refractivity contribution < 1.29 is 13.2 Å². The Morgan fingerprint density at radius 1 is 1.50 bits per heavy atom. The van der Waals surface area contributed by atoms with E-state index in [2.05, 4.69) is 5.10 Å². The Kier molecular flexibility index (Phi) is 3.15. The third-order valence-corrected chi connectivity index (χ3v) is 1.85. The molecule has 0 fully saturated rings. The quantitative estimate of drug-likeness (QED) is 0.817. The first-order chi connectivity index (χ1) is 6.45. The number of aryl methyl sites for hydroxylation is 2. The lowest BCUT2D eigenvalue weighted by atomic mass is 10.3. The Bertz CT molecular complexity index is 303. The maximum atomic E-state index is 12.2. The van der Waals surface area contributed by atoms with E-state index in [0.717, 1.165) is 6.07 Å². The van der Waals surface area contributed by atoms with Crippen LogP contribution in [-0.2, 0) is 12.7 Å². The van der Waals surface area contributed by atoms with Crippen LogP contribution in [0.5, 0.6) is 0 Å². The van der Waals surface area contributed by atoms with Gasteiger partial charge in [-0.15, -0.1) is 0 Å². The van der Waals surface area contributed by atoms with Gasteiger partial charge in [-0.3, -0.25) is 4.68 Å². The first-order valence-electron chi connectivity index (χ1n) is 4.27. The summed E-state index contributed by atoms with van der Waals surface area (Å²) in [6, 6.07) is 1.04. The van der Waals surface area contributed by atoms with Crippen molar-refractivity contribution in [2.75, 3.05) is 6.54 Å². The van der Waals surface area contributed by atoms with Crippen molar-refractivity contribution in [2.45, 2.75) is 26.1 Å². The molecule has 1 heterocycles. The molecule has 3 nitrogen and oxygen atoms in total. The maximum absolute atomic E-state index is 12.2. The molecule has 0 unspecified atom stereocenters. The van der Waals surface area contributed by atoms with Gasteiger partial charge in [-0.05, 0) is 26.0 Å². The summed E-state index contributed by atoms with van der Waals surface area (Å²) in [6.07, 6.45) is -3.74. The third-order valence-electron chi connectivity index (χ3n) is 1.85. The van der Waals surface area contributed by atoms with Gasteiger partial charge in [0.1, 0.15) is 0 Å². The molecule has 1 aromatic rings. The second-order valence-electron chi connectivity index (χ2n) is 3.03. The monoisotopic (exact) mass is 207 g/mol. The molecule has 0 bridgehead atoms. The van der Waals surface area contributed by atoms with Crippen LogP contribution in [0.4, 0.5) is 13.2 Å².